The number of para-hydroxylation sites is 1. The van der Waals surface area contributed by atoms with Gasteiger partial charge in [0.1, 0.15) is 5.75 Å². The quantitative estimate of drug-likeness (QED) is 0.887. The highest BCUT2D eigenvalue weighted by atomic mass is 16.5. The minimum absolute atomic E-state index is 0.0262. The fourth-order valence-electron chi connectivity index (χ4n) is 3.21. The lowest BCUT2D eigenvalue weighted by Crippen LogP contribution is -2.37. The minimum Gasteiger partial charge on any atom is -0.496 e. The fourth-order valence-corrected chi connectivity index (χ4v) is 3.21. The van der Waals surface area contributed by atoms with Crippen molar-refractivity contribution in [2.75, 3.05) is 26.7 Å². The molecule has 4 nitrogen and oxygen atoms in total. The zero-order valence-corrected chi connectivity index (χ0v) is 14.1. The first-order chi connectivity index (χ1) is 11.8. The van der Waals surface area contributed by atoms with Crippen molar-refractivity contribution < 1.29 is 9.53 Å². The molecule has 0 spiro atoms. The number of amides is 1. The maximum absolute atomic E-state index is 12.8. The van der Waals surface area contributed by atoms with E-state index < -0.39 is 0 Å². The van der Waals surface area contributed by atoms with Gasteiger partial charge >= 0.3 is 0 Å². The number of nitrogens with zero attached hydrogens (tertiary/aromatic N) is 1. The Balaban J connectivity index is 1.79. The molecule has 0 aromatic heterocycles. The Morgan fingerprint density at radius 1 is 1.08 bits per heavy atom. The average Bonchev–Trinajstić information content (AvgIpc) is 3.15. The number of hydrogen-bond donors (Lipinski definition) is 1. The van der Waals surface area contributed by atoms with Crippen LogP contribution in [0.3, 0.4) is 0 Å². The molecule has 1 fully saturated rings. The van der Waals surface area contributed by atoms with Gasteiger partial charge in [-0.3, -0.25) is 4.79 Å². The van der Waals surface area contributed by atoms with E-state index in [4.69, 9.17) is 4.74 Å². The molecule has 0 bridgehead atoms. The molecule has 0 aliphatic carbocycles. The van der Waals surface area contributed by atoms with E-state index >= 15 is 0 Å². The van der Waals surface area contributed by atoms with Gasteiger partial charge in [-0.1, -0.05) is 42.5 Å². The molecular weight excluding hydrogens is 300 g/mol. The summed E-state index contributed by atoms with van der Waals surface area (Å²) >= 11 is 0. The van der Waals surface area contributed by atoms with Gasteiger partial charge in [0.15, 0.2) is 0 Å². The molecule has 0 saturated carbocycles. The second-order valence-electron chi connectivity index (χ2n) is 6.14. The number of ether oxygens (including phenoxy) is 1. The third-order valence-electron chi connectivity index (χ3n) is 4.50. The zero-order valence-electron chi connectivity index (χ0n) is 14.1. The van der Waals surface area contributed by atoms with Gasteiger partial charge in [-0.2, -0.15) is 0 Å². The van der Waals surface area contributed by atoms with Crippen LogP contribution in [-0.2, 0) is 0 Å². The second kappa shape index (κ2) is 7.97. The maximum Gasteiger partial charge on any atom is 0.255 e. The Kier molecular flexibility index (Phi) is 5.49. The van der Waals surface area contributed by atoms with E-state index in [1.165, 1.54) is 12.8 Å². The van der Waals surface area contributed by atoms with Crippen LogP contribution in [0.25, 0.3) is 0 Å². The minimum atomic E-state index is -0.0968. The molecule has 0 unspecified atom stereocenters. The molecule has 1 saturated heterocycles. The van der Waals surface area contributed by atoms with Crippen molar-refractivity contribution in [3.05, 3.63) is 65.7 Å². The van der Waals surface area contributed by atoms with Crippen LogP contribution in [0.1, 0.15) is 34.8 Å². The average molecular weight is 324 g/mol. The number of nitrogens with one attached hydrogen (secondary N) is 1. The van der Waals surface area contributed by atoms with E-state index in [1.54, 1.807) is 13.2 Å². The van der Waals surface area contributed by atoms with Crippen LogP contribution < -0.4 is 10.1 Å². The lowest BCUT2D eigenvalue weighted by atomic mass is 10.1. The lowest BCUT2D eigenvalue weighted by molar-refractivity contribution is 0.0924. The van der Waals surface area contributed by atoms with Crippen molar-refractivity contribution in [3.63, 3.8) is 0 Å². The highest BCUT2D eigenvalue weighted by Crippen LogP contribution is 2.21. The molecule has 1 atom stereocenters. The number of hydrogen-bond acceptors (Lipinski definition) is 3. The number of likely N-dealkylation sites (tertiary alicyclic amines) is 1. The Labute approximate surface area is 143 Å². The van der Waals surface area contributed by atoms with Gasteiger partial charge < -0.3 is 15.0 Å². The van der Waals surface area contributed by atoms with E-state index in [0.29, 0.717) is 11.3 Å². The molecule has 0 radical (unpaired) electrons. The highest BCUT2D eigenvalue weighted by Gasteiger charge is 2.22. The zero-order chi connectivity index (χ0) is 16.8. The second-order valence-corrected chi connectivity index (χ2v) is 6.14. The summed E-state index contributed by atoms with van der Waals surface area (Å²) in [6.07, 6.45) is 2.48. The van der Waals surface area contributed by atoms with E-state index in [9.17, 15) is 4.79 Å². The van der Waals surface area contributed by atoms with Gasteiger partial charge in [-0.05, 0) is 43.6 Å². The molecule has 2 aromatic rings. The number of carbonyl (C=O) groups is 1. The van der Waals surface area contributed by atoms with Gasteiger partial charge in [0.25, 0.3) is 5.91 Å². The van der Waals surface area contributed by atoms with Gasteiger partial charge in [0.2, 0.25) is 0 Å². The Morgan fingerprint density at radius 2 is 1.75 bits per heavy atom. The monoisotopic (exact) mass is 324 g/mol. The van der Waals surface area contributed by atoms with Crippen LogP contribution >= 0.6 is 0 Å². The SMILES string of the molecule is COc1ccccc1C(=O)N[C@H](CN1CCCC1)c1ccccc1. The molecule has 1 aliphatic heterocycles. The lowest BCUT2D eigenvalue weighted by Gasteiger charge is -2.25. The summed E-state index contributed by atoms with van der Waals surface area (Å²) in [5, 5.41) is 3.19. The maximum atomic E-state index is 12.8. The Bertz CT molecular complexity index is 666. The van der Waals surface area contributed by atoms with Crippen LogP contribution in [0.5, 0.6) is 5.75 Å². The summed E-state index contributed by atoms with van der Waals surface area (Å²) in [5.41, 5.74) is 1.70. The summed E-state index contributed by atoms with van der Waals surface area (Å²) in [6, 6.07) is 17.5. The van der Waals surface area contributed by atoms with Crippen molar-refractivity contribution >= 4 is 5.91 Å². The van der Waals surface area contributed by atoms with Crippen molar-refractivity contribution in [2.45, 2.75) is 18.9 Å². The van der Waals surface area contributed by atoms with Crippen molar-refractivity contribution in [3.8, 4) is 5.75 Å². The topological polar surface area (TPSA) is 41.6 Å². The Morgan fingerprint density at radius 3 is 2.46 bits per heavy atom. The third-order valence-corrected chi connectivity index (χ3v) is 4.50. The number of carbonyl (C=O) groups excluding carboxylic acids is 1. The van der Waals surface area contributed by atoms with Gasteiger partial charge in [0.05, 0.1) is 18.7 Å². The standard InChI is InChI=1S/C20H24N2O2/c1-24-19-12-6-5-11-17(19)20(23)21-18(15-22-13-7-8-14-22)16-9-3-2-4-10-16/h2-6,9-12,18H,7-8,13-15H2,1H3,(H,21,23)/t18-/m1/s1. The molecular formula is C20H24N2O2. The predicted octanol–water partition coefficient (Wildman–Crippen LogP) is 3.26. The Hall–Kier alpha value is -2.33. The molecule has 2 aromatic carbocycles. The van der Waals surface area contributed by atoms with Crippen molar-refractivity contribution in [1.29, 1.82) is 0 Å². The van der Waals surface area contributed by atoms with E-state index in [2.05, 4.69) is 22.3 Å². The number of rotatable bonds is 6. The largest absolute Gasteiger partial charge is 0.496 e. The number of methoxy groups -OCH3 is 1. The van der Waals surface area contributed by atoms with Gasteiger partial charge in [-0.25, -0.2) is 0 Å². The van der Waals surface area contributed by atoms with Crippen LogP contribution in [-0.4, -0.2) is 37.6 Å². The summed E-state index contributed by atoms with van der Waals surface area (Å²) in [6.45, 7) is 3.05. The van der Waals surface area contributed by atoms with Crippen LogP contribution in [0.4, 0.5) is 0 Å². The first-order valence-corrected chi connectivity index (χ1v) is 8.49. The van der Waals surface area contributed by atoms with Gasteiger partial charge in [0, 0.05) is 6.54 Å². The van der Waals surface area contributed by atoms with Crippen LogP contribution in [0.2, 0.25) is 0 Å². The van der Waals surface area contributed by atoms with Gasteiger partial charge in [-0.15, -0.1) is 0 Å². The summed E-state index contributed by atoms with van der Waals surface area (Å²) < 4.78 is 5.32. The molecule has 4 heteroatoms. The summed E-state index contributed by atoms with van der Waals surface area (Å²) in [4.78, 5) is 15.2. The molecule has 24 heavy (non-hydrogen) atoms. The molecule has 1 amide bonds. The van der Waals surface area contributed by atoms with Crippen molar-refractivity contribution in [1.82, 2.24) is 10.2 Å². The predicted molar refractivity (Wildman–Crippen MR) is 95.3 cm³/mol. The smallest absolute Gasteiger partial charge is 0.255 e. The van der Waals surface area contributed by atoms with Crippen LogP contribution in [0.15, 0.2) is 54.6 Å². The molecule has 1 N–H and O–H groups in total. The van der Waals surface area contributed by atoms with E-state index in [1.807, 2.05) is 36.4 Å². The van der Waals surface area contributed by atoms with Crippen molar-refractivity contribution in [2.24, 2.45) is 0 Å². The van der Waals surface area contributed by atoms with Crippen LogP contribution in [0, 0.1) is 0 Å². The molecule has 126 valence electrons. The molecule has 1 heterocycles. The van der Waals surface area contributed by atoms with E-state index in [-0.39, 0.29) is 11.9 Å². The number of benzene rings is 2. The first-order valence-electron chi connectivity index (χ1n) is 8.49. The highest BCUT2D eigenvalue weighted by molar-refractivity contribution is 5.97. The normalized spacial score (nSPS) is 15.9. The summed E-state index contributed by atoms with van der Waals surface area (Å²) in [7, 11) is 1.59. The van der Waals surface area contributed by atoms with E-state index in [0.717, 1.165) is 25.2 Å². The third kappa shape index (κ3) is 3.95. The fraction of sp³-hybridized carbons (Fsp3) is 0.350. The molecule has 1 aliphatic rings. The summed E-state index contributed by atoms with van der Waals surface area (Å²) in [5.74, 6) is 0.503. The molecule has 3 rings (SSSR count). The first kappa shape index (κ1) is 16.5.